The van der Waals surface area contributed by atoms with Gasteiger partial charge in [0.2, 0.25) is 0 Å². The van der Waals surface area contributed by atoms with Gasteiger partial charge in [-0.3, -0.25) is 0 Å². The van der Waals surface area contributed by atoms with E-state index in [1.807, 2.05) is 0 Å². The fourth-order valence-corrected chi connectivity index (χ4v) is 3.98. The Hall–Kier alpha value is -2.64. The molecule has 164 valence electrons. The van der Waals surface area contributed by atoms with Crippen molar-refractivity contribution >= 4 is 17.1 Å². The molecule has 4 rings (SSSR count). The van der Waals surface area contributed by atoms with E-state index >= 15 is 0 Å². The quantitative estimate of drug-likeness (QED) is 0.513. The van der Waals surface area contributed by atoms with Gasteiger partial charge in [-0.1, -0.05) is 0 Å². The van der Waals surface area contributed by atoms with E-state index in [4.69, 9.17) is 10.8 Å². The molecule has 2 heterocycles. The number of phenols is 1. The predicted octanol–water partition coefficient (Wildman–Crippen LogP) is 5.20. The lowest BCUT2D eigenvalue weighted by Crippen LogP contribution is -2.31. The van der Waals surface area contributed by atoms with E-state index in [0.717, 1.165) is 63.7 Å². The van der Waals surface area contributed by atoms with Crippen molar-refractivity contribution in [1.82, 2.24) is 0 Å². The first kappa shape index (κ1) is 22.1. The van der Waals surface area contributed by atoms with Crippen molar-refractivity contribution in [2.45, 2.75) is 38.5 Å². The zero-order chi connectivity index (χ0) is 21.7. The van der Waals surface area contributed by atoms with E-state index in [1.165, 1.54) is 12.1 Å². The molecule has 0 aromatic heterocycles. The number of hydrogen-bond acceptors (Lipinski definition) is 4. The van der Waals surface area contributed by atoms with Crippen molar-refractivity contribution in [1.29, 1.82) is 0 Å². The summed E-state index contributed by atoms with van der Waals surface area (Å²) in [6.45, 7) is 2.80. The number of phenolic OH excluding ortho intramolecular Hbond substituents is 1. The fraction of sp³-hybridized carbons (Fsp3) is 0.455. The Bertz CT molecular complexity index is 748. The van der Waals surface area contributed by atoms with Crippen LogP contribution in [0.5, 0.6) is 5.75 Å². The lowest BCUT2D eigenvalue weighted by Gasteiger charge is -2.29. The average Bonchev–Trinajstić information content (AvgIpc) is 2.69. The number of piperidine rings is 2. The highest BCUT2D eigenvalue weighted by Crippen LogP contribution is 2.30. The van der Waals surface area contributed by atoms with Crippen molar-refractivity contribution in [3.05, 3.63) is 47.5 Å². The smallest absolute Gasteiger partial charge is 0.153 e. The number of halogens is 4. The molecule has 0 aliphatic carbocycles. The SMILES string of the molecule is Nc1cc(F)c(N2CCCCC2)c(F)c1.Oc1cc(F)c(N2CCCCC2)c(F)c1. The summed E-state index contributed by atoms with van der Waals surface area (Å²) in [6, 6.07) is 4.25. The number of nitrogens with zero attached hydrogens (tertiary/aromatic N) is 2. The third kappa shape index (κ3) is 5.29. The summed E-state index contributed by atoms with van der Waals surface area (Å²) < 4.78 is 54.0. The largest absolute Gasteiger partial charge is 0.508 e. The van der Waals surface area contributed by atoms with Gasteiger partial charge in [0, 0.05) is 44.0 Å². The van der Waals surface area contributed by atoms with Crippen LogP contribution < -0.4 is 15.5 Å². The zero-order valence-corrected chi connectivity index (χ0v) is 16.8. The molecule has 2 aliphatic heterocycles. The lowest BCUT2D eigenvalue weighted by atomic mass is 10.1. The highest BCUT2D eigenvalue weighted by Gasteiger charge is 2.20. The van der Waals surface area contributed by atoms with Crippen molar-refractivity contribution in [3.63, 3.8) is 0 Å². The van der Waals surface area contributed by atoms with Crippen molar-refractivity contribution in [2.75, 3.05) is 41.7 Å². The fourth-order valence-electron chi connectivity index (χ4n) is 3.98. The van der Waals surface area contributed by atoms with Crippen LogP contribution in [0.4, 0.5) is 34.6 Å². The molecule has 0 amide bonds. The van der Waals surface area contributed by atoms with Gasteiger partial charge in [-0.05, 0) is 50.7 Å². The summed E-state index contributed by atoms with van der Waals surface area (Å²) in [5.41, 5.74) is 5.56. The van der Waals surface area contributed by atoms with E-state index in [-0.39, 0.29) is 22.8 Å². The minimum Gasteiger partial charge on any atom is -0.508 e. The van der Waals surface area contributed by atoms with Gasteiger partial charge < -0.3 is 20.6 Å². The second-order valence-electron chi connectivity index (χ2n) is 7.69. The van der Waals surface area contributed by atoms with Gasteiger partial charge in [-0.2, -0.15) is 0 Å². The minimum absolute atomic E-state index is 0.00694. The van der Waals surface area contributed by atoms with Crippen molar-refractivity contribution in [2.24, 2.45) is 0 Å². The van der Waals surface area contributed by atoms with E-state index in [2.05, 4.69) is 0 Å². The number of rotatable bonds is 2. The second-order valence-corrected chi connectivity index (χ2v) is 7.69. The molecule has 0 spiro atoms. The van der Waals surface area contributed by atoms with Gasteiger partial charge in [0.25, 0.3) is 0 Å². The summed E-state index contributed by atoms with van der Waals surface area (Å²) in [4.78, 5) is 3.46. The van der Waals surface area contributed by atoms with Crippen LogP contribution in [0.3, 0.4) is 0 Å². The van der Waals surface area contributed by atoms with E-state index in [0.29, 0.717) is 13.1 Å². The molecular formula is C22H27F4N3O. The predicted molar refractivity (Wildman–Crippen MR) is 111 cm³/mol. The maximum atomic E-state index is 13.5. The molecule has 2 aromatic rings. The average molecular weight is 425 g/mol. The van der Waals surface area contributed by atoms with Crippen LogP contribution >= 0.6 is 0 Å². The van der Waals surface area contributed by atoms with Crippen LogP contribution in [-0.4, -0.2) is 31.3 Å². The first-order valence-corrected chi connectivity index (χ1v) is 10.3. The molecular weight excluding hydrogens is 398 g/mol. The van der Waals surface area contributed by atoms with Crippen molar-refractivity contribution < 1.29 is 22.7 Å². The molecule has 3 N–H and O–H groups in total. The Morgan fingerprint density at radius 2 is 0.933 bits per heavy atom. The van der Waals surface area contributed by atoms with E-state index in [1.54, 1.807) is 9.80 Å². The van der Waals surface area contributed by atoms with Crippen LogP contribution in [-0.2, 0) is 0 Å². The molecule has 2 saturated heterocycles. The Morgan fingerprint density at radius 3 is 1.30 bits per heavy atom. The van der Waals surface area contributed by atoms with Gasteiger partial charge in [0.05, 0.1) is 0 Å². The normalized spacial score (nSPS) is 16.8. The molecule has 30 heavy (non-hydrogen) atoms. The summed E-state index contributed by atoms with van der Waals surface area (Å²) in [6.07, 6.45) is 6.14. The van der Waals surface area contributed by atoms with Crippen LogP contribution in [0, 0.1) is 23.3 Å². The van der Waals surface area contributed by atoms with Crippen LogP contribution in [0.1, 0.15) is 38.5 Å². The molecule has 0 bridgehead atoms. The number of aromatic hydroxyl groups is 1. The maximum absolute atomic E-state index is 13.5. The Balaban J connectivity index is 0.000000171. The van der Waals surface area contributed by atoms with E-state index < -0.39 is 23.3 Å². The third-order valence-electron chi connectivity index (χ3n) is 5.39. The summed E-state index contributed by atoms with van der Waals surface area (Å²) in [5, 5.41) is 9.02. The van der Waals surface area contributed by atoms with Crippen molar-refractivity contribution in [3.8, 4) is 5.75 Å². The van der Waals surface area contributed by atoms with E-state index in [9.17, 15) is 17.6 Å². The topological polar surface area (TPSA) is 52.7 Å². The van der Waals surface area contributed by atoms with Crippen LogP contribution in [0.25, 0.3) is 0 Å². The molecule has 0 saturated carbocycles. The Morgan fingerprint density at radius 1 is 0.600 bits per heavy atom. The number of benzene rings is 2. The third-order valence-corrected chi connectivity index (χ3v) is 5.39. The van der Waals surface area contributed by atoms with Gasteiger partial charge in [0.1, 0.15) is 17.1 Å². The zero-order valence-electron chi connectivity index (χ0n) is 16.8. The summed E-state index contributed by atoms with van der Waals surface area (Å²) >= 11 is 0. The highest BCUT2D eigenvalue weighted by atomic mass is 19.1. The molecule has 8 heteroatoms. The molecule has 2 fully saturated rings. The highest BCUT2D eigenvalue weighted by molar-refractivity contribution is 5.56. The number of nitrogen functional groups attached to an aromatic ring is 1. The number of anilines is 3. The van der Waals surface area contributed by atoms with Crippen LogP contribution in [0.2, 0.25) is 0 Å². The minimum atomic E-state index is -0.686. The molecule has 0 radical (unpaired) electrons. The van der Waals surface area contributed by atoms with Gasteiger partial charge in [-0.25, -0.2) is 17.6 Å². The summed E-state index contributed by atoms with van der Waals surface area (Å²) in [5.74, 6) is -2.86. The molecule has 2 aliphatic rings. The van der Waals surface area contributed by atoms with Gasteiger partial charge in [0.15, 0.2) is 23.3 Å². The van der Waals surface area contributed by atoms with Crippen LogP contribution in [0.15, 0.2) is 24.3 Å². The monoisotopic (exact) mass is 425 g/mol. The molecule has 0 atom stereocenters. The summed E-state index contributed by atoms with van der Waals surface area (Å²) in [7, 11) is 0. The maximum Gasteiger partial charge on any atom is 0.153 e. The lowest BCUT2D eigenvalue weighted by molar-refractivity contribution is 0.458. The van der Waals surface area contributed by atoms with Gasteiger partial charge >= 0.3 is 0 Å². The Labute approximate surface area is 173 Å². The van der Waals surface area contributed by atoms with Gasteiger partial charge in [-0.15, -0.1) is 0 Å². The Kier molecular flexibility index (Phi) is 7.29. The first-order valence-electron chi connectivity index (χ1n) is 10.3. The first-order chi connectivity index (χ1) is 14.4. The molecule has 4 nitrogen and oxygen atoms in total. The number of nitrogens with two attached hydrogens (primary N) is 1. The second kappa shape index (κ2) is 9.91. The number of hydrogen-bond donors (Lipinski definition) is 2. The molecule has 2 aromatic carbocycles. The molecule has 0 unspecified atom stereocenters. The standard InChI is InChI=1S/C11H14F2N2.C11H13F2NO/c12-9-6-8(14)7-10(13)11(9)15-4-2-1-3-5-15;12-9-6-8(15)7-10(13)11(9)14-4-2-1-3-5-14/h6-7H,1-5,14H2;6-7,15H,1-5H2.